The normalized spacial score (nSPS) is 11.3. The molecule has 148 valence electrons. The van der Waals surface area contributed by atoms with Crippen LogP contribution < -0.4 is 15.4 Å². The topological polar surface area (TPSA) is 100 Å². The van der Waals surface area contributed by atoms with Gasteiger partial charge in [0, 0.05) is 41.7 Å². The van der Waals surface area contributed by atoms with Crippen LogP contribution in [-0.4, -0.2) is 44.6 Å². The number of aromatic amines is 1. The second-order valence-electron chi connectivity index (χ2n) is 6.50. The number of urea groups is 1. The van der Waals surface area contributed by atoms with E-state index in [9.17, 15) is 13.2 Å². The Morgan fingerprint density at radius 2 is 1.96 bits per heavy atom. The molecule has 0 bridgehead atoms. The van der Waals surface area contributed by atoms with Crippen molar-refractivity contribution in [1.82, 2.24) is 10.3 Å². The summed E-state index contributed by atoms with van der Waals surface area (Å²) in [7, 11) is -3.07. The van der Waals surface area contributed by atoms with Gasteiger partial charge in [-0.25, -0.2) is 13.2 Å². The number of carbonyl (C=O) groups is 1. The Bertz CT molecular complexity index is 1060. The zero-order valence-electron chi connectivity index (χ0n) is 15.6. The number of nitrogens with one attached hydrogen (secondary N) is 3. The van der Waals surface area contributed by atoms with E-state index in [0.717, 1.165) is 22.7 Å². The van der Waals surface area contributed by atoms with Gasteiger partial charge in [0.05, 0.1) is 5.75 Å². The van der Waals surface area contributed by atoms with Crippen molar-refractivity contribution in [2.45, 2.75) is 6.42 Å². The summed E-state index contributed by atoms with van der Waals surface area (Å²) in [5.41, 5.74) is 2.80. The highest BCUT2D eigenvalue weighted by Gasteiger charge is 2.06. The first-order valence-electron chi connectivity index (χ1n) is 8.91. The van der Waals surface area contributed by atoms with Gasteiger partial charge in [-0.05, 0) is 30.2 Å². The minimum Gasteiger partial charge on any atom is -0.492 e. The highest BCUT2D eigenvalue weighted by atomic mass is 32.2. The summed E-state index contributed by atoms with van der Waals surface area (Å²) in [5, 5.41) is 6.74. The molecule has 0 saturated carbocycles. The molecule has 0 unspecified atom stereocenters. The molecule has 0 aliphatic carbocycles. The van der Waals surface area contributed by atoms with Crippen molar-refractivity contribution in [1.29, 1.82) is 0 Å². The van der Waals surface area contributed by atoms with Gasteiger partial charge in [-0.1, -0.05) is 24.3 Å². The lowest BCUT2D eigenvalue weighted by atomic mass is 10.1. The minimum atomic E-state index is -3.07. The van der Waals surface area contributed by atoms with E-state index in [1.807, 2.05) is 24.4 Å². The number of rotatable bonds is 8. The Morgan fingerprint density at radius 1 is 1.14 bits per heavy atom. The fourth-order valence-electron chi connectivity index (χ4n) is 2.80. The first-order chi connectivity index (χ1) is 13.4. The van der Waals surface area contributed by atoms with E-state index in [1.54, 1.807) is 24.3 Å². The van der Waals surface area contributed by atoms with E-state index in [4.69, 9.17) is 4.74 Å². The number of anilines is 1. The lowest BCUT2D eigenvalue weighted by Crippen LogP contribution is -2.30. The highest BCUT2D eigenvalue weighted by molar-refractivity contribution is 7.90. The number of amides is 2. The third kappa shape index (κ3) is 5.75. The molecule has 8 heteroatoms. The zero-order valence-corrected chi connectivity index (χ0v) is 16.4. The van der Waals surface area contributed by atoms with Crippen LogP contribution in [0, 0.1) is 0 Å². The molecular formula is C20H23N3O4S. The monoisotopic (exact) mass is 401 g/mol. The maximum Gasteiger partial charge on any atom is 0.319 e. The van der Waals surface area contributed by atoms with Crippen molar-refractivity contribution >= 4 is 32.5 Å². The Morgan fingerprint density at radius 3 is 2.79 bits per heavy atom. The summed E-state index contributed by atoms with van der Waals surface area (Å²) < 4.78 is 27.7. The van der Waals surface area contributed by atoms with E-state index in [-0.39, 0.29) is 18.4 Å². The molecule has 0 atom stereocenters. The molecule has 1 heterocycles. The van der Waals surface area contributed by atoms with Gasteiger partial charge >= 0.3 is 6.03 Å². The van der Waals surface area contributed by atoms with Gasteiger partial charge in [-0.3, -0.25) is 0 Å². The van der Waals surface area contributed by atoms with Crippen molar-refractivity contribution in [3.05, 3.63) is 60.3 Å². The maximum absolute atomic E-state index is 12.1. The number of aromatic nitrogens is 1. The van der Waals surface area contributed by atoms with Crippen LogP contribution in [0.25, 0.3) is 10.9 Å². The quantitative estimate of drug-likeness (QED) is 0.540. The molecule has 0 aliphatic heterocycles. The molecule has 0 fully saturated rings. The third-order valence-electron chi connectivity index (χ3n) is 4.17. The molecule has 0 radical (unpaired) electrons. The van der Waals surface area contributed by atoms with E-state index >= 15 is 0 Å². The number of H-pyrrole nitrogens is 1. The van der Waals surface area contributed by atoms with Gasteiger partial charge in [0.15, 0.2) is 9.84 Å². The molecule has 7 nitrogen and oxygen atoms in total. The molecule has 2 aromatic carbocycles. The summed E-state index contributed by atoms with van der Waals surface area (Å²) in [6, 6.07) is 14.6. The fraction of sp³-hybridized carbons (Fsp3) is 0.250. The number of hydrogen-bond acceptors (Lipinski definition) is 4. The Hall–Kier alpha value is -3.00. The summed E-state index contributed by atoms with van der Waals surface area (Å²) >= 11 is 0. The van der Waals surface area contributed by atoms with Crippen LogP contribution in [0.3, 0.4) is 0 Å². The van der Waals surface area contributed by atoms with Crippen molar-refractivity contribution in [2.75, 3.05) is 30.5 Å². The van der Waals surface area contributed by atoms with Gasteiger partial charge in [0.2, 0.25) is 0 Å². The standard InChI is InChI=1S/C20H23N3O4S/c1-28(25,26)12-11-27-17-6-4-5-16(13-17)23-20(24)21-10-9-15-14-22-19-8-3-2-7-18(15)19/h2-8,13-14,22H,9-12H2,1H3,(H2,21,23,24). The second-order valence-corrected chi connectivity index (χ2v) is 8.76. The van der Waals surface area contributed by atoms with Crippen LogP contribution in [0.15, 0.2) is 54.7 Å². The van der Waals surface area contributed by atoms with Crippen molar-refractivity contribution in [3.63, 3.8) is 0 Å². The van der Waals surface area contributed by atoms with E-state index in [0.29, 0.717) is 24.4 Å². The van der Waals surface area contributed by atoms with Crippen molar-refractivity contribution in [2.24, 2.45) is 0 Å². The Labute approximate surface area is 164 Å². The van der Waals surface area contributed by atoms with Crippen LogP contribution in [0.5, 0.6) is 5.75 Å². The van der Waals surface area contributed by atoms with Gasteiger partial charge in [0.1, 0.15) is 12.4 Å². The fourth-order valence-corrected chi connectivity index (χ4v) is 3.19. The van der Waals surface area contributed by atoms with Crippen LogP contribution in [0.1, 0.15) is 5.56 Å². The molecule has 28 heavy (non-hydrogen) atoms. The SMILES string of the molecule is CS(=O)(=O)CCOc1cccc(NC(=O)NCCc2c[nH]c3ccccc23)c1. The minimum absolute atomic E-state index is 0.0566. The number of benzene rings is 2. The third-order valence-corrected chi connectivity index (χ3v) is 5.08. The number of sulfone groups is 1. The first-order valence-corrected chi connectivity index (χ1v) is 11.0. The summed E-state index contributed by atoms with van der Waals surface area (Å²) in [4.78, 5) is 15.3. The van der Waals surface area contributed by atoms with Gasteiger partial charge in [-0.2, -0.15) is 0 Å². The van der Waals surface area contributed by atoms with Crippen LogP contribution in [0.4, 0.5) is 10.5 Å². The zero-order chi connectivity index (χ0) is 20.0. The van der Waals surface area contributed by atoms with Gasteiger partial charge in [0.25, 0.3) is 0 Å². The number of para-hydroxylation sites is 1. The molecule has 0 spiro atoms. The maximum atomic E-state index is 12.1. The van der Waals surface area contributed by atoms with Gasteiger partial charge in [-0.15, -0.1) is 0 Å². The number of hydrogen-bond donors (Lipinski definition) is 3. The van der Waals surface area contributed by atoms with Crippen LogP contribution >= 0.6 is 0 Å². The molecule has 3 N–H and O–H groups in total. The second kappa shape index (κ2) is 8.79. The Kier molecular flexibility index (Phi) is 6.20. The molecule has 0 aliphatic rings. The average molecular weight is 401 g/mol. The Balaban J connectivity index is 1.47. The summed E-state index contributed by atoms with van der Waals surface area (Å²) in [6.45, 7) is 0.567. The lowest BCUT2D eigenvalue weighted by Gasteiger charge is -2.10. The number of ether oxygens (including phenoxy) is 1. The summed E-state index contributed by atoms with van der Waals surface area (Å²) in [5.74, 6) is 0.444. The van der Waals surface area contributed by atoms with E-state index < -0.39 is 9.84 Å². The predicted molar refractivity (Wildman–Crippen MR) is 111 cm³/mol. The average Bonchev–Trinajstić information content (AvgIpc) is 3.04. The molecule has 3 aromatic rings. The smallest absolute Gasteiger partial charge is 0.319 e. The van der Waals surface area contributed by atoms with Crippen LogP contribution in [-0.2, 0) is 16.3 Å². The van der Waals surface area contributed by atoms with E-state index in [2.05, 4.69) is 21.7 Å². The molecular weight excluding hydrogens is 378 g/mol. The highest BCUT2D eigenvalue weighted by Crippen LogP contribution is 2.18. The molecule has 0 saturated heterocycles. The van der Waals surface area contributed by atoms with E-state index in [1.165, 1.54) is 0 Å². The number of fused-ring (bicyclic) bond motifs is 1. The lowest BCUT2D eigenvalue weighted by molar-refractivity contribution is 0.252. The van der Waals surface area contributed by atoms with Crippen molar-refractivity contribution < 1.29 is 17.9 Å². The number of carbonyl (C=O) groups excluding carboxylic acids is 1. The van der Waals surface area contributed by atoms with Crippen LogP contribution in [0.2, 0.25) is 0 Å². The molecule has 2 amide bonds. The molecule has 3 rings (SSSR count). The predicted octanol–water partition coefficient (Wildman–Crippen LogP) is 2.96. The van der Waals surface area contributed by atoms with Gasteiger partial charge < -0.3 is 20.4 Å². The molecule has 1 aromatic heterocycles. The first kappa shape index (κ1) is 19.8. The largest absolute Gasteiger partial charge is 0.492 e. The summed E-state index contributed by atoms with van der Waals surface area (Å²) in [6.07, 6.45) is 3.84. The van der Waals surface area contributed by atoms with Crippen molar-refractivity contribution in [3.8, 4) is 5.75 Å².